The number of aliphatic hydroxyl groups excluding tert-OH is 1. The molecule has 0 radical (unpaired) electrons. The van der Waals surface area contributed by atoms with Gasteiger partial charge in [-0.05, 0) is 50.6 Å². The highest BCUT2D eigenvalue weighted by atomic mass is 19.1. The van der Waals surface area contributed by atoms with Gasteiger partial charge in [0.1, 0.15) is 17.3 Å². The maximum atomic E-state index is 13.7. The number of nitrogens with zero attached hydrogens (tertiary/aromatic N) is 1. The molecule has 108 valence electrons. The zero-order chi connectivity index (χ0) is 14.9. The highest BCUT2D eigenvalue weighted by molar-refractivity contribution is 5.56. The maximum absolute atomic E-state index is 13.7. The Morgan fingerprint density at radius 1 is 1.30 bits per heavy atom. The molecule has 1 unspecified atom stereocenters. The predicted molar refractivity (Wildman–Crippen MR) is 77.3 cm³/mol. The second-order valence-electron chi connectivity index (χ2n) is 5.20. The number of aryl methyl sites for hydroxylation is 2. The van der Waals surface area contributed by atoms with E-state index in [0.29, 0.717) is 17.7 Å². The number of furan rings is 1. The largest absolute Gasteiger partial charge is 0.464 e. The Morgan fingerprint density at radius 2 is 2.00 bits per heavy atom. The van der Waals surface area contributed by atoms with Crippen LogP contribution in [0, 0.1) is 19.7 Å². The van der Waals surface area contributed by atoms with Gasteiger partial charge in [0.15, 0.2) is 0 Å². The summed E-state index contributed by atoms with van der Waals surface area (Å²) in [5, 5.41) is 9.82. The van der Waals surface area contributed by atoms with Crippen molar-refractivity contribution in [1.29, 1.82) is 0 Å². The van der Waals surface area contributed by atoms with Gasteiger partial charge in [0.25, 0.3) is 0 Å². The van der Waals surface area contributed by atoms with Crippen molar-refractivity contribution >= 4 is 5.69 Å². The van der Waals surface area contributed by atoms with Crippen LogP contribution in [0.3, 0.4) is 0 Å². The topological polar surface area (TPSA) is 36.6 Å². The minimum absolute atomic E-state index is 0.299. The van der Waals surface area contributed by atoms with E-state index in [0.717, 1.165) is 17.2 Å². The van der Waals surface area contributed by atoms with E-state index in [4.69, 9.17) is 4.42 Å². The number of hydrogen-bond donors (Lipinski definition) is 1. The lowest BCUT2D eigenvalue weighted by Gasteiger charge is -2.23. The van der Waals surface area contributed by atoms with Gasteiger partial charge in [0.05, 0.1) is 12.6 Å². The van der Waals surface area contributed by atoms with E-state index < -0.39 is 6.10 Å². The Kier molecular flexibility index (Phi) is 4.14. The molecule has 0 spiro atoms. The second-order valence-corrected chi connectivity index (χ2v) is 5.20. The van der Waals surface area contributed by atoms with Crippen molar-refractivity contribution in [3.8, 4) is 0 Å². The van der Waals surface area contributed by atoms with Gasteiger partial charge in [-0.2, -0.15) is 0 Å². The molecule has 0 bridgehead atoms. The molecule has 1 N–H and O–H groups in total. The monoisotopic (exact) mass is 277 g/mol. The van der Waals surface area contributed by atoms with Gasteiger partial charge in [0, 0.05) is 18.3 Å². The van der Waals surface area contributed by atoms with E-state index in [-0.39, 0.29) is 5.82 Å². The van der Waals surface area contributed by atoms with Crippen LogP contribution in [-0.4, -0.2) is 12.2 Å². The molecule has 0 aliphatic carbocycles. The van der Waals surface area contributed by atoms with Crippen LogP contribution in [0.2, 0.25) is 0 Å². The molecule has 0 aliphatic rings. The van der Waals surface area contributed by atoms with E-state index in [1.54, 1.807) is 19.9 Å². The van der Waals surface area contributed by atoms with Crippen molar-refractivity contribution in [2.75, 3.05) is 11.9 Å². The van der Waals surface area contributed by atoms with Crippen LogP contribution in [0.4, 0.5) is 10.1 Å². The molecule has 0 fully saturated rings. The van der Waals surface area contributed by atoms with Crippen molar-refractivity contribution < 1.29 is 13.9 Å². The minimum atomic E-state index is -0.721. The summed E-state index contributed by atoms with van der Waals surface area (Å²) >= 11 is 0. The highest BCUT2D eigenvalue weighted by Crippen LogP contribution is 2.29. The van der Waals surface area contributed by atoms with E-state index in [1.807, 2.05) is 31.0 Å². The average Bonchev–Trinajstić information content (AvgIpc) is 2.77. The summed E-state index contributed by atoms with van der Waals surface area (Å²) in [6, 6.07) is 6.99. The van der Waals surface area contributed by atoms with Gasteiger partial charge in [0.2, 0.25) is 0 Å². The first kappa shape index (κ1) is 14.6. The fraction of sp³-hybridized carbons (Fsp3) is 0.375. The van der Waals surface area contributed by atoms with Gasteiger partial charge in [-0.15, -0.1) is 0 Å². The van der Waals surface area contributed by atoms with Crippen LogP contribution < -0.4 is 4.90 Å². The summed E-state index contributed by atoms with van der Waals surface area (Å²) in [5.74, 6) is 1.40. The molecule has 2 aromatic rings. The molecule has 1 heterocycles. The zero-order valence-electron chi connectivity index (χ0n) is 12.3. The summed E-state index contributed by atoms with van der Waals surface area (Å²) < 4.78 is 19.2. The molecule has 0 saturated heterocycles. The van der Waals surface area contributed by atoms with Crippen molar-refractivity contribution in [3.63, 3.8) is 0 Å². The summed E-state index contributed by atoms with van der Waals surface area (Å²) in [4.78, 5) is 1.95. The third kappa shape index (κ3) is 3.02. The molecule has 1 aromatic carbocycles. The molecule has 0 saturated carbocycles. The van der Waals surface area contributed by atoms with Crippen molar-refractivity contribution in [3.05, 3.63) is 52.7 Å². The Bertz CT molecular complexity index is 605. The molecule has 4 heteroatoms. The lowest BCUT2D eigenvalue weighted by Crippen LogP contribution is -2.19. The molecule has 2 rings (SSSR count). The van der Waals surface area contributed by atoms with Gasteiger partial charge in [-0.25, -0.2) is 4.39 Å². The molecule has 20 heavy (non-hydrogen) atoms. The Hall–Kier alpha value is -1.81. The maximum Gasteiger partial charge on any atom is 0.126 e. The number of halogens is 1. The Morgan fingerprint density at radius 3 is 2.55 bits per heavy atom. The standard InChI is InChI=1S/C16H20FNO2/c1-10-7-16(14(12(3)19)8-15(10)17)18(4)9-13-6-5-11(2)20-13/h5-8,12,19H,9H2,1-4H3. The second kappa shape index (κ2) is 5.67. The van der Waals surface area contributed by atoms with Crippen LogP contribution in [0.25, 0.3) is 0 Å². The average molecular weight is 277 g/mol. The van der Waals surface area contributed by atoms with Gasteiger partial charge >= 0.3 is 0 Å². The molecule has 3 nitrogen and oxygen atoms in total. The van der Waals surface area contributed by atoms with Crippen LogP contribution >= 0.6 is 0 Å². The normalized spacial score (nSPS) is 12.5. The third-order valence-electron chi connectivity index (χ3n) is 3.36. The number of benzene rings is 1. The number of rotatable bonds is 4. The van der Waals surface area contributed by atoms with E-state index in [1.165, 1.54) is 6.07 Å². The van der Waals surface area contributed by atoms with Crippen LogP contribution in [-0.2, 0) is 6.54 Å². The summed E-state index contributed by atoms with van der Waals surface area (Å²) in [6.45, 7) is 5.82. The zero-order valence-corrected chi connectivity index (χ0v) is 12.3. The first-order valence-electron chi connectivity index (χ1n) is 6.63. The van der Waals surface area contributed by atoms with Crippen LogP contribution in [0.1, 0.15) is 35.7 Å². The predicted octanol–water partition coefficient (Wildman–Crippen LogP) is 3.73. The molecule has 0 aliphatic heterocycles. The van der Waals surface area contributed by atoms with E-state index >= 15 is 0 Å². The fourth-order valence-corrected chi connectivity index (χ4v) is 2.24. The molecule has 1 atom stereocenters. The Balaban J connectivity index is 2.33. The van der Waals surface area contributed by atoms with Gasteiger partial charge < -0.3 is 14.4 Å². The summed E-state index contributed by atoms with van der Waals surface area (Å²) in [5.41, 5.74) is 1.96. The van der Waals surface area contributed by atoms with Crippen molar-refractivity contribution in [2.45, 2.75) is 33.4 Å². The molecular formula is C16H20FNO2. The summed E-state index contributed by atoms with van der Waals surface area (Å²) in [7, 11) is 1.90. The van der Waals surface area contributed by atoms with Crippen molar-refractivity contribution in [2.24, 2.45) is 0 Å². The van der Waals surface area contributed by atoms with Crippen LogP contribution in [0.5, 0.6) is 0 Å². The number of aliphatic hydroxyl groups is 1. The summed E-state index contributed by atoms with van der Waals surface area (Å²) in [6.07, 6.45) is -0.721. The van der Waals surface area contributed by atoms with E-state index in [2.05, 4.69) is 0 Å². The number of hydrogen-bond acceptors (Lipinski definition) is 3. The molecular weight excluding hydrogens is 257 g/mol. The van der Waals surface area contributed by atoms with Gasteiger partial charge in [-0.1, -0.05) is 0 Å². The third-order valence-corrected chi connectivity index (χ3v) is 3.36. The lowest BCUT2D eigenvalue weighted by atomic mass is 10.0. The molecule has 1 aromatic heterocycles. The van der Waals surface area contributed by atoms with E-state index in [9.17, 15) is 9.50 Å². The quantitative estimate of drug-likeness (QED) is 0.925. The SMILES string of the molecule is Cc1ccc(CN(C)c2cc(C)c(F)cc2C(C)O)o1. The smallest absolute Gasteiger partial charge is 0.126 e. The first-order valence-corrected chi connectivity index (χ1v) is 6.63. The first-order chi connectivity index (χ1) is 9.38. The minimum Gasteiger partial charge on any atom is -0.464 e. The molecule has 0 amide bonds. The fourth-order valence-electron chi connectivity index (χ4n) is 2.24. The lowest BCUT2D eigenvalue weighted by molar-refractivity contribution is 0.199. The van der Waals surface area contributed by atoms with Crippen molar-refractivity contribution in [1.82, 2.24) is 0 Å². The van der Waals surface area contributed by atoms with Crippen LogP contribution in [0.15, 0.2) is 28.7 Å². The Labute approximate surface area is 118 Å². The number of anilines is 1. The highest BCUT2D eigenvalue weighted by Gasteiger charge is 2.16. The van der Waals surface area contributed by atoms with Gasteiger partial charge in [-0.3, -0.25) is 0 Å².